The molecule has 2 fully saturated rings. The van der Waals surface area contributed by atoms with Crippen LogP contribution in [0.4, 0.5) is 0 Å². The number of ether oxygens (including phenoxy) is 1. The fourth-order valence-corrected chi connectivity index (χ4v) is 3.03. The summed E-state index contributed by atoms with van der Waals surface area (Å²) in [5, 5.41) is 9.06. The molecule has 2 atom stereocenters. The van der Waals surface area contributed by atoms with Gasteiger partial charge in [-0.15, -0.1) is 0 Å². The number of rotatable bonds is 4. The van der Waals surface area contributed by atoms with E-state index in [1.165, 1.54) is 4.90 Å². The Labute approximate surface area is 130 Å². The van der Waals surface area contributed by atoms with Gasteiger partial charge in [0, 0.05) is 26.7 Å². The molecular weight excluding hydrogens is 288 g/mol. The van der Waals surface area contributed by atoms with Gasteiger partial charge in [-0.05, 0) is 25.7 Å². The maximum absolute atomic E-state index is 12.3. The van der Waals surface area contributed by atoms with Crippen molar-refractivity contribution in [3.8, 4) is 0 Å². The first-order valence-corrected chi connectivity index (χ1v) is 7.82. The largest absolute Gasteiger partial charge is 0.481 e. The minimum atomic E-state index is -0.860. The number of carbonyl (C=O) groups excluding carboxylic acids is 2. The zero-order chi connectivity index (χ0) is 16.1. The molecule has 2 amide bonds. The van der Waals surface area contributed by atoms with Gasteiger partial charge in [0.25, 0.3) is 0 Å². The van der Waals surface area contributed by atoms with Crippen molar-refractivity contribution in [1.29, 1.82) is 0 Å². The third-order valence-electron chi connectivity index (χ3n) is 4.38. The molecule has 2 aliphatic rings. The summed E-state index contributed by atoms with van der Waals surface area (Å²) in [6, 6.07) is 0. The molecule has 124 valence electrons. The number of carbonyl (C=O) groups is 3. The van der Waals surface area contributed by atoms with Crippen molar-refractivity contribution < 1.29 is 24.2 Å². The number of piperidine rings is 1. The molecule has 1 N–H and O–H groups in total. The highest BCUT2D eigenvalue weighted by Crippen LogP contribution is 2.18. The first-order chi connectivity index (χ1) is 10.5. The van der Waals surface area contributed by atoms with Gasteiger partial charge in [-0.1, -0.05) is 0 Å². The summed E-state index contributed by atoms with van der Waals surface area (Å²) in [6.07, 6.45) is 2.96. The van der Waals surface area contributed by atoms with E-state index < -0.39 is 11.9 Å². The molecule has 0 aromatic heterocycles. The van der Waals surface area contributed by atoms with Crippen molar-refractivity contribution in [2.24, 2.45) is 11.8 Å². The molecule has 22 heavy (non-hydrogen) atoms. The van der Waals surface area contributed by atoms with Gasteiger partial charge >= 0.3 is 5.97 Å². The van der Waals surface area contributed by atoms with Crippen LogP contribution in [-0.4, -0.2) is 72.6 Å². The highest BCUT2D eigenvalue weighted by molar-refractivity contribution is 5.86. The average molecular weight is 312 g/mol. The Balaban J connectivity index is 1.84. The van der Waals surface area contributed by atoms with Gasteiger partial charge in [0.15, 0.2) is 0 Å². The molecule has 0 aromatic rings. The molecule has 0 saturated carbocycles. The quantitative estimate of drug-likeness (QED) is 0.801. The number of hydrogen-bond acceptors (Lipinski definition) is 4. The molecule has 0 spiro atoms. The van der Waals surface area contributed by atoms with Crippen LogP contribution < -0.4 is 0 Å². The lowest BCUT2D eigenvalue weighted by atomic mass is 9.98. The topological polar surface area (TPSA) is 87.2 Å². The Bertz CT molecular complexity index is 434. The number of aliphatic carboxylic acids is 1. The SMILES string of the molecule is CN(CC(=O)N1CCC[C@@H](C(=O)O)C1)C(=O)[C@H]1CCCOC1. The second-order valence-corrected chi connectivity index (χ2v) is 6.13. The van der Waals surface area contributed by atoms with Crippen molar-refractivity contribution in [2.75, 3.05) is 39.9 Å². The lowest BCUT2D eigenvalue weighted by molar-refractivity contribution is -0.148. The summed E-state index contributed by atoms with van der Waals surface area (Å²) in [6.45, 7) is 1.92. The molecule has 2 heterocycles. The summed E-state index contributed by atoms with van der Waals surface area (Å²) < 4.78 is 5.31. The molecule has 7 heteroatoms. The first kappa shape index (κ1) is 16.7. The minimum Gasteiger partial charge on any atom is -0.481 e. The first-order valence-electron chi connectivity index (χ1n) is 7.82. The van der Waals surface area contributed by atoms with Gasteiger partial charge in [-0.25, -0.2) is 0 Å². The highest BCUT2D eigenvalue weighted by atomic mass is 16.5. The maximum Gasteiger partial charge on any atom is 0.308 e. The summed E-state index contributed by atoms with van der Waals surface area (Å²) in [5.41, 5.74) is 0. The molecule has 2 aliphatic heterocycles. The van der Waals surface area contributed by atoms with E-state index >= 15 is 0 Å². The molecule has 7 nitrogen and oxygen atoms in total. The Kier molecular flexibility index (Phi) is 5.76. The fraction of sp³-hybridized carbons (Fsp3) is 0.800. The van der Waals surface area contributed by atoms with Crippen LogP contribution in [0.3, 0.4) is 0 Å². The van der Waals surface area contributed by atoms with Crippen LogP contribution in [-0.2, 0) is 19.1 Å². The molecule has 0 aliphatic carbocycles. The highest BCUT2D eigenvalue weighted by Gasteiger charge is 2.30. The van der Waals surface area contributed by atoms with Gasteiger partial charge in [0.05, 0.1) is 25.0 Å². The summed E-state index contributed by atoms with van der Waals surface area (Å²) in [5.74, 6) is -1.77. The molecule has 2 rings (SSSR count). The van der Waals surface area contributed by atoms with Gasteiger partial charge < -0.3 is 19.6 Å². The summed E-state index contributed by atoms with van der Waals surface area (Å²) >= 11 is 0. The maximum atomic E-state index is 12.3. The molecule has 2 saturated heterocycles. The number of carboxylic acids is 1. The van der Waals surface area contributed by atoms with E-state index in [0.29, 0.717) is 32.6 Å². The van der Waals surface area contributed by atoms with Crippen molar-refractivity contribution in [3.05, 3.63) is 0 Å². The zero-order valence-corrected chi connectivity index (χ0v) is 13.0. The van der Waals surface area contributed by atoms with E-state index in [-0.39, 0.29) is 30.8 Å². The van der Waals surface area contributed by atoms with E-state index in [1.54, 1.807) is 11.9 Å². The zero-order valence-electron chi connectivity index (χ0n) is 13.0. The van der Waals surface area contributed by atoms with Crippen LogP contribution in [0.5, 0.6) is 0 Å². The Morgan fingerprint density at radius 1 is 1.23 bits per heavy atom. The normalized spacial score (nSPS) is 25.6. The van der Waals surface area contributed by atoms with E-state index in [2.05, 4.69) is 0 Å². The van der Waals surface area contributed by atoms with Crippen LogP contribution in [0, 0.1) is 11.8 Å². The lowest BCUT2D eigenvalue weighted by Crippen LogP contribution is -2.48. The number of likely N-dealkylation sites (N-methyl/N-ethyl adjacent to an activating group) is 1. The lowest BCUT2D eigenvalue weighted by Gasteiger charge is -2.33. The minimum absolute atomic E-state index is 0.00166. The van der Waals surface area contributed by atoms with E-state index in [1.807, 2.05) is 0 Å². The van der Waals surface area contributed by atoms with Crippen LogP contribution in [0.1, 0.15) is 25.7 Å². The second-order valence-electron chi connectivity index (χ2n) is 6.13. The number of carboxylic acid groups (broad SMARTS) is 1. The number of likely N-dealkylation sites (tertiary alicyclic amines) is 1. The fourth-order valence-electron chi connectivity index (χ4n) is 3.03. The van der Waals surface area contributed by atoms with Gasteiger partial charge in [0.2, 0.25) is 11.8 Å². The number of nitrogens with zero attached hydrogens (tertiary/aromatic N) is 2. The molecule has 0 bridgehead atoms. The third-order valence-corrected chi connectivity index (χ3v) is 4.38. The Morgan fingerprint density at radius 2 is 1.95 bits per heavy atom. The van der Waals surface area contributed by atoms with Crippen molar-refractivity contribution in [1.82, 2.24) is 9.80 Å². The smallest absolute Gasteiger partial charge is 0.308 e. The van der Waals surface area contributed by atoms with Crippen LogP contribution >= 0.6 is 0 Å². The number of amides is 2. The van der Waals surface area contributed by atoms with Crippen LogP contribution in [0.2, 0.25) is 0 Å². The molecule has 0 radical (unpaired) electrons. The molecule has 0 aromatic carbocycles. The van der Waals surface area contributed by atoms with Crippen LogP contribution in [0.15, 0.2) is 0 Å². The average Bonchev–Trinajstić information content (AvgIpc) is 2.54. The van der Waals surface area contributed by atoms with E-state index in [9.17, 15) is 14.4 Å². The predicted octanol–water partition coefficient (Wildman–Crippen LogP) is 0.195. The summed E-state index contributed by atoms with van der Waals surface area (Å²) in [7, 11) is 1.62. The monoisotopic (exact) mass is 312 g/mol. The van der Waals surface area contributed by atoms with Crippen molar-refractivity contribution >= 4 is 17.8 Å². The van der Waals surface area contributed by atoms with Crippen molar-refractivity contribution in [2.45, 2.75) is 25.7 Å². The van der Waals surface area contributed by atoms with Gasteiger partial charge in [0.1, 0.15) is 0 Å². The second kappa shape index (κ2) is 7.58. The number of hydrogen-bond donors (Lipinski definition) is 1. The third kappa shape index (κ3) is 4.19. The Hall–Kier alpha value is -1.63. The molecule has 0 unspecified atom stereocenters. The summed E-state index contributed by atoms with van der Waals surface area (Å²) in [4.78, 5) is 38.6. The molecular formula is C15H24N2O5. The van der Waals surface area contributed by atoms with Gasteiger partial charge in [-0.3, -0.25) is 14.4 Å². The van der Waals surface area contributed by atoms with Crippen molar-refractivity contribution in [3.63, 3.8) is 0 Å². The van der Waals surface area contributed by atoms with E-state index in [0.717, 1.165) is 12.8 Å². The van der Waals surface area contributed by atoms with Crippen LogP contribution in [0.25, 0.3) is 0 Å². The standard InChI is InChI=1S/C15H24N2O5/c1-16(14(19)12-5-3-7-22-10-12)9-13(18)17-6-2-4-11(8-17)15(20)21/h11-12H,2-10H2,1H3,(H,20,21)/t11-,12+/m1/s1. The predicted molar refractivity (Wildman–Crippen MR) is 78.1 cm³/mol. The van der Waals surface area contributed by atoms with Gasteiger partial charge in [-0.2, -0.15) is 0 Å². The Morgan fingerprint density at radius 3 is 2.59 bits per heavy atom. The van der Waals surface area contributed by atoms with E-state index in [4.69, 9.17) is 9.84 Å².